The number of nitrogens with one attached hydrogen (secondary N) is 1. The molecular formula is C16H22ClN3O. The fourth-order valence-electron chi connectivity index (χ4n) is 2.70. The normalized spacial score (nSPS) is 14.9. The Hall–Kier alpha value is -1.52. The molecule has 4 nitrogen and oxygen atoms in total. The van der Waals surface area contributed by atoms with Gasteiger partial charge in [0.1, 0.15) is 11.6 Å². The van der Waals surface area contributed by atoms with Crippen molar-refractivity contribution in [1.82, 2.24) is 10.3 Å². The van der Waals surface area contributed by atoms with E-state index in [4.69, 9.17) is 9.72 Å². The molecule has 0 spiro atoms. The van der Waals surface area contributed by atoms with E-state index in [0.717, 1.165) is 48.6 Å². The summed E-state index contributed by atoms with van der Waals surface area (Å²) in [5.41, 5.74) is 2.26. The number of rotatable bonds is 3. The van der Waals surface area contributed by atoms with Crippen LogP contribution in [0.4, 0.5) is 5.82 Å². The maximum Gasteiger partial charge on any atom is 0.132 e. The lowest BCUT2D eigenvalue weighted by Crippen LogP contribution is -2.44. The van der Waals surface area contributed by atoms with E-state index in [0.29, 0.717) is 6.61 Å². The van der Waals surface area contributed by atoms with Gasteiger partial charge in [-0.3, -0.25) is 0 Å². The van der Waals surface area contributed by atoms with Crippen LogP contribution in [-0.2, 0) is 0 Å². The average molecular weight is 308 g/mol. The van der Waals surface area contributed by atoms with Gasteiger partial charge < -0.3 is 15.0 Å². The zero-order chi connectivity index (χ0) is 13.9. The molecule has 1 aliphatic heterocycles. The van der Waals surface area contributed by atoms with Gasteiger partial charge in [0, 0.05) is 31.6 Å². The summed E-state index contributed by atoms with van der Waals surface area (Å²) in [7, 11) is 0. The molecule has 114 valence electrons. The summed E-state index contributed by atoms with van der Waals surface area (Å²) in [6, 6.07) is 8.32. The first kappa shape index (κ1) is 15.9. The van der Waals surface area contributed by atoms with Crippen LogP contribution < -0.4 is 15.0 Å². The van der Waals surface area contributed by atoms with Crippen LogP contribution in [-0.4, -0.2) is 37.8 Å². The molecule has 1 N–H and O–H groups in total. The van der Waals surface area contributed by atoms with Crippen LogP contribution in [0.15, 0.2) is 24.3 Å². The van der Waals surface area contributed by atoms with Crippen LogP contribution in [0.25, 0.3) is 10.9 Å². The predicted molar refractivity (Wildman–Crippen MR) is 90.0 cm³/mol. The van der Waals surface area contributed by atoms with Crippen LogP contribution in [0.1, 0.15) is 12.5 Å². The van der Waals surface area contributed by atoms with Crippen molar-refractivity contribution in [2.45, 2.75) is 13.8 Å². The summed E-state index contributed by atoms with van der Waals surface area (Å²) in [4.78, 5) is 7.21. The molecule has 0 bridgehead atoms. The number of ether oxygens (including phenoxy) is 1. The molecule has 2 aromatic rings. The highest BCUT2D eigenvalue weighted by molar-refractivity contribution is 5.85. The highest BCUT2D eigenvalue weighted by atomic mass is 35.5. The SMILES string of the molecule is CCOc1ccc2nc(N3CCNCC3)c(C)cc2c1.Cl. The molecule has 2 heterocycles. The molecule has 1 fully saturated rings. The smallest absolute Gasteiger partial charge is 0.132 e. The van der Waals surface area contributed by atoms with Crippen molar-refractivity contribution in [3.05, 3.63) is 29.8 Å². The molecule has 21 heavy (non-hydrogen) atoms. The van der Waals surface area contributed by atoms with Crippen molar-refractivity contribution in [2.75, 3.05) is 37.7 Å². The van der Waals surface area contributed by atoms with E-state index in [1.165, 1.54) is 5.56 Å². The number of hydrogen-bond acceptors (Lipinski definition) is 4. The average Bonchev–Trinajstić information content (AvgIpc) is 2.48. The first-order chi connectivity index (χ1) is 9.78. The molecule has 0 amide bonds. The number of aryl methyl sites for hydroxylation is 1. The van der Waals surface area contributed by atoms with E-state index >= 15 is 0 Å². The van der Waals surface area contributed by atoms with E-state index in [2.05, 4.69) is 29.3 Å². The third kappa shape index (κ3) is 3.39. The highest BCUT2D eigenvalue weighted by Crippen LogP contribution is 2.26. The van der Waals surface area contributed by atoms with Crippen LogP contribution in [0.5, 0.6) is 5.75 Å². The number of halogens is 1. The number of aromatic nitrogens is 1. The summed E-state index contributed by atoms with van der Waals surface area (Å²) in [5, 5.41) is 4.52. The first-order valence-electron chi connectivity index (χ1n) is 7.28. The Bertz CT molecular complexity index is 612. The van der Waals surface area contributed by atoms with Crippen LogP contribution >= 0.6 is 12.4 Å². The minimum atomic E-state index is 0. The molecule has 1 aromatic carbocycles. The lowest BCUT2D eigenvalue weighted by atomic mass is 10.1. The topological polar surface area (TPSA) is 37.4 Å². The van der Waals surface area contributed by atoms with Crippen LogP contribution in [0.3, 0.4) is 0 Å². The van der Waals surface area contributed by atoms with E-state index in [-0.39, 0.29) is 12.4 Å². The summed E-state index contributed by atoms with van der Waals surface area (Å²) >= 11 is 0. The Balaban J connectivity index is 0.00000161. The van der Waals surface area contributed by atoms with E-state index in [1.807, 2.05) is 19.1 Å². The Kier molecular flexibility index (Phi) is 5.26. The van der Waals surface area contributed by atoms with Crippen molar-refractivity contribution in [2.24, 2.45) is 0 Å². The number of fused-ring (bicyclic) bond motifs is 1. The molecule has 0 unspecified atom stereocenters. The van der Waals surface area contributed by atoms with Crippen molar-refractivity contribution in [3.63, 3.8) is 0 Å². The number of pyridine rings is 1. The Labute approximate surface area is 131 Å². The number of anilines is 1. The summed E-state index contributed by atoms with van der Waals surface area (Å²) in [5.74, 6) is 2.03. The largest absolute Gasteiger partial charge is 0.494 e. The maximum atomic E-state index is 5.55. The molecule has 0 radical (unpaired) electrons. The fourth-order valence-corrected chi connectivity index (χ4v) is 2.70. The van der Waals surface area contributed by atoms with E-state index < -0.39 is 0 Å². The van der Waals surface area contributed by atoms with E-state index in [9.17, 15) is 0 Å². The van der Waals surface area contributed by atoms with Gasteiger partial charge in [-0.1, -0.05) is 0 Å². The standard InChI is InChI=1S/C16H21N3O.ClH/c1-3-20-14-4-5-15-13(11-14)10-12(2)16(18-15)19-8-6-17-7-9-19;/h4-5,10-11,17H,3,6-9H2,1-2H3;1H. The molecule has 0 saturated carbocycles. The molecular weight excluding hydrogens is 286 g/mol. The molecule has 5 heteroatoms. The zero-order valence-electron chi connectivity index (χ0n) is 12.6. The molecule has 1 saturated heterocycles. The third-order valence-electron chi connectivity index (χ3n) is 3.68. The van der Waals surface area contributed by atoms with Crippen molar-refractivity contribution < 1.29 is 4.74 Å². The maximum absolute atomic E-state index is 5.55. The quantitative estimate of drug-likeness (QED) is 0.946. The van der Waals surface area contributed by atoms with E-state index in [1.54, 1.807) is 0 Å². The van der Waals surface area contributed by atoms with Gasteiger partial charge in [-0.15, -0.1) is 12.4 Å². The second-order valence-electron chi connectivity index (χ2n) is 5.15. The number of hydrogen-bond donors (Lipinski definition) is 1. The van der Waals surface area contributed by atoms with Gasteiger partial charge in [-0.25, -0.2) is 4.98 Å². The first-order valence-corrected chi connectivity index (χ1v) is 7.28. The van der Waals surface area contributed by atoms with Crippen molar-refractivity contribution in [3.8, 4) is 5.75 Å². The Morgan fingerprint density at radius 3 is 2.71 bits per heavy atom. The van der Waals surface area contributed by atoms with Gasteiger partial charge in [0.2, 0.25) is 0 Å². The van der Waals surface area contributed by atoms with Gasteiger partial charge in [-0.05, 0) is 43.7 Å². The summed E-state index contributed by atoms with van der Waals surface area (Å²) in [6.07, 6.45) is 0. The van der Waals surface area contributed by atoms with Crippen LogP contribution in [0, 0.1) is 6.92 Å². The number of piperazine rings is 1. The fraction of sp³-hybridized carbons (Fsp3) is 0.438. The second kappa shape index (κ2) is 6.96. The second-order valence-corrected chi connectivity index (χ2v) is 5.15. The van der Waals surface area contributed by atoms with Crippen LogP contribution in [0.2, 0.25) is 0 Å². The molecule has 0 atom stereocenters. The number of benzene rings is 1. The lowest BCUT2D eigenvalue weighted by Gasteiger charge is -2.29. The minimum Gasteiger partial charge on any atom is -0.494 e. The van der Waals surface area contributed by atoms with Gasteiger partial charge in [-0.2, -0.15) is 0 Å². The molecule has 1 aliphatic rings. The summed E-state index contributed by atoms with van der Waals surface area (Å²) < 4.78 is 5.55. The predicted octanol–water partition coefficient (Wildman–Crippen LogP) is 2.77. The number of nitrogens with zero attached hydrogens (tertiary/aromatic N) is 2. The third-order valence-corrected chi connectivity index (χ3v) is 3.68. The summed E-state index contributed by atoms with van der Waals surface area (Å²) in [6.45, 7) is 8.94. The van der Waals surface area contributed by atoms with Gasteiger partial charge in [0.25, 0.3) is 0 Å². The van der Waals surface area contributed by atoms with Gasteiger partial charge in [0.15, 0.2) is 0 Å². The monoisotopic (exact) mass is 307 g/mol. The Morgan fingerprint density at radius 1 is 1.24 bits per heavy atom. The highest BCUT2D eigenvalue weighted by Gasteiger charge is 2.14. The lowest BCUT2D eigenvalue weighted by molar-refractivity contribution is 0.340. The van der Waals surface area contributed by atoms with Crippen molar-refractivity contribution >= 4 is 29.1 Å². The molecule has 3 rings (SSSR count). The Morgan fingerprint density at radius 2 is 2.00 bits per heavy atom. The zero-order valence-corrected chi connectivity index (χ0v) is 13.4. The van der Waals surface area contributed by atoms with Crippen molar-refractivity contribution in [1.29, 1.82) is 0 Å². The van der Waals surface area contributed by atoms with Gasteiger partial charge >= 0.3 is 0 Å². The minimum absolute atomic E-state index is 0. The molecule has 0 aliphatic carbocycles. The van der Waals surface area contributed by atoms with Gasteiger partial charge in [0.05, 0.1) is 12.1 Å². The molecule has 1 aromatic heterocycles.